The summed E-state index contributed by atoms with van der Waals surface area (Å²) in [6.07, 6.45) is 1.30. The summed E-state index contributed by atoms with van der Waals surface area (Å²) in [7, 11) is 0. The van der Waals surface area contributed by atoms with Crippen LogP contribution in [0, 0.1) is 5.92 Å². The molecule has 0 spiro atoms. The Hall–Kier alpha value is -1.36. The summed E-state index contributed by atoms with van der Waals surface area (Å²) in [6.45, 7) is 1.95. The lowest BCUT2D eigenvalue weighted by Crippen LogP contribution is -2.06. The standard InChI is InChI=1S/C11H13BrO2.CH3NO/c1-8(7-11(13)14)6-9-2-4-10(12)5-3-9;2-1-3/h2-5,8H,6-7H2,1H3,(H,13,14);1H,(H2,2,3). The molecule has 17 heavy (non-hydrogen) atoms. The monoisotopic (exact) mass is 301 g/mol. The van der Waals surface area contributed by atoms with Crippen molar-refractivity contribution in [3.8, 4) is 0 Å². The molecular formula is C12H16BrNO3. The van der Waals surface area contributed by atoms with Crippen LogP contribution in [0.5, 0.6) is 0 Å². The quantitative estimate of drug-likeness (QED) is 0.837. The van der Waals surface area contributed by atoms with Gasteiger partial charge in [-0.05, 0) is 30.0 Å². The molecule has 0 fully saturated rings. The van der Waals surface area contributed by atoms with Crippen molar-refractivity contribution in [2.45, 2.75) is 19.8 Å². The average molecular weight is 302 g/mol. The van der Waals surface area contributed by atoms with E-state index < -0.39 is 5.97 Å². The van der Waals surface area contributed by atoms with E-state index in [2.05, 4.69) is 21.7 Å². The van der Waals surface area contributed by atoms with Crippen LogP contribution in [0.15, 0.2) is 28.7 Å². The lowest BCUT2D eigenvalue weighted by atomic mass is 9.98. The molecule has 0 aliphatic heterocycles. The average Bonchev–Trinajstić information content (AvgIpc) is 2.21. The van der Waals surface area contributed by atoms with Crippen LogP contribution < -0.4 is 5.73 Å². The van der Waals surface area contributed by atoms with E-state index in [0.717, 1.165) is 10.9 Å². The van der Waals surface area contributed by atoms with Crippen molar-refractivity contribution in [2.24, 2.45) is 11.7 Å². The number of carbonyl (C=O) groups is 2. The SMILES string of the molecule is CC(CC(=O)O)Cc1ccc(Br)cc1.NC=O. The Kier molecular flexibility index (Phi) is 8.05. The Morgan fingerprint density at radius 3 is 2.35 bits per heavy atom. The first-order chi connectivity index (χ1) is 7.99. The maximum absolute atomic E-state index is 10.4. The molecule has 0 aliphatic rings. The first kappa shape index (κ1) is 15.6. The predicted molar refractivity (Wildman–Crippen MR) is 69.5 cm³/mol. The molecule has 1 aromatic rings. The van der Waals surface area contributed by atoms with Crippen LogP contribution in [-0.2, 0) is 16.0 Å². The maximum Gasteiger partial charge on any atom is 0.303 e. The summed E-state index contributed by atoms with van der Waals surface area (Å²) in [5.74, 6) is -0.539. The van der Waals surface area contributed by atoms with Gasteiger partial charge in [0.25, 0.3) is 0 Å². The third kappa shape index (κ3) is 8.45. The number of carbonyl (C=O) groups excluding carboxylic acids is 1. The van der Waals surface area contributed by atoms with Crippen LogP contribution >= 0.6 is 15.9 Å². The number of carboxylic acids is 1. The summed E-state index contributed by atoms with van der Waals surface area (Å²) in [6, 6.07) is 7.98. The van der Waals surface area contributed by atoms with Crippen LogP contribution in [0.1, 0.15) is 18.9 Å². The van der Waals surface area contributed by atoms with E-state index in [1.165, 1.54) is 5.56 Å². The van der Waals surface area contributed by atoms with Gasteiger partial charge in [-0.25, -0.2) is 0 Å². The molecule has 0 heterocycles. The van der Waals surface area contributed by atoms with Gasteiger partial charge in [0.1, 0.15) is 0 Å². The fourth-order valence-electron chi connectivity index (χ4n) is 1.39. The van der Waals surface area contributed by atoms with E-state index in [1.807, 2.05) is 31.2 Å². The number of benzene rings is 1. The number of hydrogen-bond acceptors (Lipinski definition) is 2. The van der Waals surface area contributed by atoms with Gasteiger partial charge in [0.15, 0.2) is 0 Å². The van der Waals surface area contributed by atoms with Crippen LogP contribution in [0.4, 0.5) is 0 Å². The number of amides is 1. The highest BCUT2D eigenvalue weighted by atomic mass is 79.9. The van der Waals surface area contributed by atoms with E-state index in [9.17, 15) is 4.79 Å². The van der Waals surface area contributed by atoms with Gasteiger partial charge in [-0.1, -0.05) is 35.0 Å². The highest BCUT2D eigenvalue weighted by Crippen LogP contribution is 2.15. The predicted octanol–water partition coefficient (Wildman–Crippen LogP) is 2.20. The molecular weight excluding hydrogens is 286 g/mol. The van der Waals surface area contributed by atoms with E-state index in [4.69, 9.17) is 9.90 Å². The minimum Gasteiger partial charge on any atom is -0.481 e. The van der Waals surface area contributed by atoms with Crippen molar-refractivity contribution in [2.75, 3.05) is 0 Å². The Bertz CT molecular complexity index is 351. The summed E-state index contributed by atoms with van der Waals surface area (Å²) in [4.78, 5) is 19.0. The molecule has 0 saturated carbocycles. The third-order valence-electron chi connectivity index (χ3n) is 2.02. The van der Waals surface area contributed by atoms with Crippen molar-refractivity contribution >= 4 is 28.3 Å². The summed E-state index contributed by atoms with van der Waals surface area (Å²) >= 11 is 3.36. The Morgan fingerprint density at radius 2 is 1.94 bits per heavy atom. The molecule has 4 nitrogen and oxygen atoms in total. The van der Waals surface area contributed by atoms with Gasteiger partial charge in [-0.15, -0.1) is 0 Å². The summed E-state index contributed by atoms with van der Waals surface area (Å²) < 4.78 is 1.05. The zero-order valence-electron chi connectivity index (χ0n) is 9.60. The first-order valence-electron chi connectivity index (χ1n) is 5.11. The van der Waals surface area contributed by atoms with Gasteiger partial charge in [-0.2, -0.15) is 0 Å². The van der Waals surface area contributed by atoms with Gasteiger partial charge in [0.2, 0.25) is 6.41 Å². The zero-order valence-corrected chi connectivity index (χ0v) is 11.2. The number of halogens is 1. The number of aliphatic carboxylic acids is 1. The molecule has 0 bridgehead atoms. The van der Waals surface area contributed by atoms with Crippen molar-refractivity contribution < 1.29 is 14.7 Å². The van der Waals surface area contributed by atoms with E-state index in [-0.39, 0.29) is 18.7 Å². The zero-order chi connectivity index (χ0) is 13.3. The van der Waals surface area contributed by atoms with Crippen molar-refractivity contribution in [3.63, 3.8) is 0 Å². The smallest absolute Gasteiger partial charge is 0.303 e. The fourth-order valence-corrected chi connectivity index (χ4v) is 1.66. The molecule has 1 amide bonds. The molecule has 0 saturated heterocycles. The number of rotatable bonds is 4. The van der Waals surface area contributed by atoms with E-state index in [1.54, 1.807) is 0 Å². The second-order valence-electron chi connectivity index (χ2n) is 3.67. The second-order valence-corrected chi connectivity index (χ2v) is 4.59. The lowest BCUT2D eigenvalue weighted by Gasteiger charge is -2.08. The topological polar surface area (TPSA) is 80.4 Å². The molecule has 5 heteroatoms. The highest BCUT2D eigenvalue weighted by Gasteiger charge is 2.07. The summed E-state index contributed by atoms with van der Waals surface area (Å²) in [5, 5.41) is 8.60. The van der Waals surface area contributed by atoms with Crippen molar-refractivity contribution in [3.05, 3.63) is 34.3 Å². The van der Waals surface area contributed by atoms with E-state index >= 15 is 0 Å². The highest BCUT2D eigenvalue weighted by molar-refractivity contribution is 9.10. The Labute approximate surface area is 109 Å². The molecule has 1 atom stereocenters. The molecule has 0 aromatic heterocycles. The van der Waals surface area contributed by atoms with Gasteiger partial charge in [-0.3, -0.25) is 9.59 Å². The normalized spacial score (nSPS) is 10.9. The molecule has 0 radical (unpaired) electrons. The molecule has 1 aromatic carbocycles. The van der Waals surface area contributed by atoms with Crippen molar-refractivity contribution in [1.82, 2.24) is 0 Å². The molecule has 3 N–H and O–H groups in total. The van der Waals surface area contributed by atoms with Crippen LogP contribution in [0.25, 0.3) is 0 Å². The molecule has 0 aliphatic carbocycles. The number of primary amides is 1. The van der Waals surface area contributed by atoms with Crippen molar-refractivity contribution in [1.29, 1.82) is 0 Å². The van der Waals surface area contributed by atoms with Gasteiger partial charge in [0.05, 0.1) is 0 Å². The fraction of sp³-hybridized carbons (Fsp3) is 0.333. The van der Waals surface area contributed by atoms with Gasteiger partial charge < -0.3 is 10.8 Å². The third-order valence-corrected chi connectivity index (χ3v) is 2.55. The molecule has 1 unspecified atom stereocenters. The largest absolute Gasteiger partial charge is 0.481 e. The van der Waals surface area contributed by atoms with Gasteiger partial charge >= 0.3 is 5.97 Å². The van der Waals surface area contributed by atoms with Gasteiger partial charge in [0, 0.05) is 10.9 Å². The number of carboxylic acid groups (broad SMARTS) is 1. The number of nitrogens with two attached hydrogens (primary N) is 1. The van der Waals surface area contributed by atoms with Crippen LogP contribution in [0.3, 0.4) is 0 Å². The van der Waals surface area contributed by atoms with E-state index in [0.29, 0.717) is 0 Å². The maximum atomic E-state index is 10.4. The van der Waals surface area contributed by atoms with Crippen LogP contribution in [0.2, 0.25) is 0 Å². The van der Waals surface area contributed by atoms with Crippen LogP contribution in [-0.4, -0.2) is 17.5 Å². The molecule has 94 valence electrons. The first-order valence-corrected chi connectivity index (χ1v) is 5.90. The Balaban J connectivity index is 0.000000770. The minimum absolute atomic E-state index is 0.189. The lowest BCUT2D eigenvalue weighted by molar-refractivity contribution is -0.137. The summed E-state index contributed by atoms with van der Waals surface area (Å²) in [5.41, 5.74) is 5.35. The number of hydrogen-bond donors (Lipinski definition) is 2. The minimum atomic E-state index is -0.727. The second kappa shape index (κ2) is 8.75. The molecule has 1 rings (SSSR count). The Morgan fingerprint density at radius 1 is 1.47 bits per heavy atom.